The van der Waals surface area contributed by atoms with Crippen LogP contribution in [0, 0.1) is 24.1 Å². The monoisotopic (exact) mass is 504 g/mol. The number of para-hydroxylation sites is 1. The molecule has 2 heterocycles. The summed E-state index contributed by atoms with van der Waals surface area (Å²) in [6.45, 7) is 3.94. The summed E-state index contributed by atoms with van der Waals surface area (Å²) >= 11 is 1.39. The fraction of sp³-hybridized carbons (Fsp3) is 0.231. The average molecular weight is 505 g/mol. The number of rotatable bonds is 9. The van der Waals surface area contributed by atoms with Crippen LogP contribution >= 0.6 is 11.9 Å². The number of anilines is 1. The molecule has 10 heteroatoms. The van der Waals surface area contributed by atoms with Crippen molar-refractivity contribution in [1.82, 2.24) is 19.7 Å². The van der Waals surface area contributed by atoms with Crippen molar-refractivity contribution in [3.8, 4) is 34.6 Å². The molecule has 1 unspecified atom stereocenters. The summed E-state index contributed by atoms with van der Waals surface area (Å²) in [6, 6.07) is 14.0. The lowest BCUT2D eigenvalue weighted by Crippen LogP contribution is -2.10. The van der Waals surface area contributed by atoms with E-state index in [2.05, 4.69) is 19.9 Å². The Morgan fingerprint density at radius 3 is 2.50 bits per heavy atom. The summed E-state index contributed by atoms with van der Waals surface area (Å²) in [5.41, 5.74) is 3.23. The predicted octanol–water partition coefficient (Wildman–Crippen LogP) is 5.36. The van der Waals surface area contributed by atoms with Gasteiger partial charge < -0.3 is 9.47 Å². The fourth-order valence-electron chi connectivity index (χ4n) is 3.77. The van der Waals surface area contributed by atoms with E-state index in [1.54, 1.807) is 38.7 Å². The smallest absolute Gasteiger partial charge is 0.239 e. The Hall–Kier alpha value is -4.10. The van der Waals surface area contributed by atoms with Gasteiger partial charge in [-0.3, -0.25) is 14.3 Å². The number of benzene rings is 2. The first-order valence-electron chi connectivity index (χ1n) is 11.1. The molecule has 8 nitrogen and oxygen atoms in total. The van der Waals surface area contributed by atoms with Crippen molar-refractivity contribution in [2.45, 2.75) is 25.5 Å². The third-order valence-electron chi connectivity index (χ3n) is 5.46. The van der Waals surface area contributed by atoms with Crippen molar-refractivity contribution in [1.29, 1.82) is 5.26 Å². The van der Waals surface area contributed by atoms with E-state index in [1.165, 1.54) is 18.0 Å². The lowest BCUT2D eigenvalue weighted by Gasteiger charge is -2.18. The van der Waals surface area contributed by atoms with E-state index in [9.17, 15) is 4.39 Å². The van der Waals surface area contributed by atoms with Gasteiger partial charge in [-0.2, -0.15) is 5.26 Å². The van der Waals surface area contributed by atoms with Gasteiger partial charge in [-0.15, -0.1) is 10.2 Å². The maximum atomic E-state index is 14.4. The Kier molecular flexibility index (Phi) is 7.71. The van der Waals surface area contributed by atoms with Crippen LogP contribution in [-0.2, 0) is 6.42 Å². The van der Waals surface area contributed by atoms with E-state index in [-0.39, 0.29) is 5.25 Å². The molecule has 4 rings (SSSR count). The molecular formula is C26H25FN6O2S. The number of aryl methyl sites for hydroxylation is 1. The van der Waals surface area contributed by atoms with Crippen molar-refractivity contribution in [2.75, 3.05) is 18.9 Å². The number of nitrogens with one attached hydrogen (secondary N) is 1. The van der Waals surface area contributed by atoms with E-state index in [0.29, 0.717) is 46.5 Å². The van der Waals surface area contributed by atoms with Gasteiger partial charge in [-0.25, -0.2) is 4.39 Å². The van der Waals surface area contributed by atoms with Crippen molar-refractivity contribution in [2.24, 2.45) is 0 Å². The first-order chi connectivity index (χ1) is 17.4. The Morgan fingerprint density at radius 1 is 1.11 bits per heavy atom. The molecule has 2 aromatic carbocycles. The molecule has 4 aromatic rings. The fourth-order valence-corrected chi connectivity index (χ4v) is 4.47. The summed E-state index contributed by atoms with van der Waals surface area (Å²) in [5, 5.41) is 17.8. The molecule has 0 bridgehead atoms. The molecule has 36 heavy (non-hydrogen) atoms. The number of pyridine rings is 1. The number of nitriles is 1. The van der Waals surface area contributed by atoms with Gasteiger partial charge in [0.25, 0.3) is 0 Å². The van der Waals surface area contributed by atoms with Crippen molar-refractivity contribution in [3.63, 3.8) is 0 Å². The summed E-state index contributed by atoms with van der Waals surface area (Å²) in [4.78, 5) is 4.31. The number of ether oxygens (including phenoxy) is 2. The number of halogens is 1. The molecule has 0 aliphatic rings. The molecule has 0 aliphatic heterocycles. The minimum atomic E-state index is -0.391. The van der Waals surface area contributed by atoms with Gasteiger partial charge >= 0.3 is 0 Å². The van der Waals surface area contributed by atoms with Crippen LogP contribution in [0.4, 0.5) is 10.3 Å². The summed E-state index contributed by atoms with van der Waals surface area (Å²) < 4.78 is 30.8. The van der Waals surface area contributed by atoms with Gasteiger partial charge in [-0.1, -0.05) is 19.1 Å². The molecule has 1 N–H and O–H groups in total. The van der Waals surface area contributed by atoms with Gasteiger partial charge in [-0.05, 0) is 66.8 Å². The standard InChI is InChI=1S/C26H25FN6O2S/c1-16-10-20(15-29-14-16)25-30-31-26(33(25)24-22(34-3)6-5-7-23(24)35-4)32-36-17(2)11-19-9-8-18(13-28)12-21(19)27/h5-10,12,14-15,17H,11H2,1-4H3,(H,31,32). The van der Waals surface area contributed by atoms with Crippen LogP contribution in [-0.4, -0.2) is 39.2 Å². The Labute approximate surface area is 213 Å². The molecule has 0 saturated heterocycles. The van der Waals surface area contributed by atoms with Crippen LogP contribution in [0.1, 0.15) is 23.6 Å². The van der Waals surface area contributed by atoms with Gasteiger partial charge in [0.15, 0.2) is 5.82 Å². The molecule has 184 valence electrons. The second-order valence-electron chi connectivity index (χ2n) is 8.10. The van der Waals surface area contributed by atoms with Crippen LogP contribution in [0.5, 0.6) is 11.5 Å². The van der Waals surface area contributed by atoms with Crippen LogP contribution in [0.3, 0.4) is 0 Å². The number of hydrogen-bond donors (Lipinski definition) is 1. The van der Waals surface area contributed by atoms with Crippen molar-refractivity contribution in [3.05, 3.63) is 77.4 Å². The number of nitrogens with zero attached hydrogens (tertiary/aromatic N) is 5. The quantitative estimate of drug-likeness (QED) is 0.304. The minimum absolute atomic E-state index is 0.0266. The highest BCUT2D eigenvalue weighted by molar-refractivity contribution is 8.01. The Morgan fingerprint density at radius 2 is 1.86 bits per heavy atom. The zero-order valence-electron chi connectivity index (χ0n) is 20.3. The summed E-state index contributed by atoms with van der Waals surface area (Å²) in [5.74, 6) is 1.78. The average Bonchev–Trinajstić information content (AvgIpc) is 3.31. The van der Waals surface area contributed by atoms with Crippen LogP contribution < -0.4 is 14.2 Å². The zero-order valence-corrected chi connectivity index (χ0v) is 21.1. The van der Waals surface area contributed by atoms with Crippen molar-refractivity contribution >= 4 is 17.9 Å². The van der Waals surface area contributed by atoms with E-state index in [1.807, 2.05) is 48.7 Å². The molecule has 0 aliphatic carbocycles. The minimum Gasteiger partial charge on any atom is -0.494 e. The summed E-state index contributed by atoms with van der Waals surface area (Å²) in [7, 11) is 3.18. The second-order valence-corrected chi connectivity index (χ2v) is 9.34. The lowest BCUT2D eigenvalue weighted by molar-refractivity contribution is 0.391. The maximum absolute atomic E-state index is 14.4. The molecule has 0 radical (unpaired) electrons. The highest BCUT2D eigenvalue weighted by Crippen LogP contribution is 2.38. The third-order valence-corrected chi connectivity index (χ3v) is 6.33. The molecular weight excluding hydrogens is 479 g/mol. The van der Waals surface area contributed by atoms with Crippen LogP contribution in [0.25, 0.3) is 17.1 Å². The maximum Gasteiger partial charge on any atom is 0.239 e. The first-order valence-corrected chi connectivity index (χ1v) is 12.0. The highest BCUT2D eigenvalue weighted by Gasteiger charge is 2.23. The van der Waals surface area contributed by atoms with Gasteiger partial charge in [0, 0.05) is 23.2 Å². The molecule has 0 spiro atoms. The normalized spacial score (nSPS) is 11.6. The lowest BCUT2D eigenvalue weighted by atomic mass is 10.1. The van der Waals surface area contributed by atoms with Gasteiger partial charge in [0.05, 0.1) is 25.9 Å². The third kappa shape index (κ3) is 5.26. The molecule has 1 atom stereocenters. The largest absolute Gasteiger partial charge is 0.494 e. The number of hydrogen-bond acceptors (Lipinski definition) is 8. The van der Waals surface area contributed by atoms with Crippen LogP contribution in [0.15, 0.2) is 54.9 Å². The molecule has 0 amide bonds. The predicted molar refractivity (Wildman–Crippen MR) is 138 cm³/mol. The molecule has 2 aromatic heterocycles. The molecule has 0 saturated carbocycles. The summed E-state index contributed by atoms with van der Waals surface area (Å²) in [6.07, 6.45) is 3.95. The van der Waals surface area contributed by atoms with E-state index >= 15 is 0 Å². The van der Waals surface area contributed by atoms with Gasteiger partial charge in [0.1, 0.15) is 23.0 Å². The SMILES string of the molecule is COc1cccc(OC)c1-n1c(NSC(C)Cc2ccc(C#N)cc2F)nnc1-c1cncc(C)c1. The van der Waals surface area contributed by atoms with Crippen molar-refractivity contribution < 1.29 is 13.9 Å². The zero-order chi connectivity index (χ0) is 25.7. The van der Waals surface area contributed by atoms with E-state index < -0.39 is 5.82 Å². The van der Waals surface area contributed by atoms with Crippen LogP contribution in [0.2, 0.25) is 0 Å². The van der Waals surface area contributed by atoms with E-state index in [0.717, 1.165) is 11.1 Å². The number of aromatic nitrogens is 4. The Bertz CT molecular complexity index is 1400. The topological polar surface area (TPSA) is 97.9 Å². The van der Waals surface area contributed by atoms with Gasteiger partial charge in [0.2, 0.25) is 5.95 Å². The Balaban J connectivity index is 1.69. The number of methoxy groups -OCH3 is 2. The highest BCUT2D eigenvalue weighted by atomic mass is 32.2. The van der Waals surface area contributed by atoms with E-state index in [4.69, 9.17) is 14.7 Å². The second kappa shape index (κ2) is 11.1. The first kappa shape index (κ1) is 25.0. The molecule has 0 fully saturated rings.